The van der Waals surface area contributed by atoms with Gasteiger partial charge in [0.05, 0.1) is 12.0 Å². The molecule has 1 aliphatic rings. The van der Waals surface area contributed by atoms with Crippen LogP contribution < -0.4 is 10.1 Å². The van der Waals surface area contributed by atoms with Gasteiger partial charge in [-0.2, -0.15) is 0 Å². The first-order valence-electron chi connectivity index (χ1n) is 6.84. The van der Waals surface area contributed by atoms with Gasteiger partial charge in [-0.25, -0.2) is 9.38 Å². The predicted octanol–water partition coefficient (Wildman–Crippen LogP) is 3.73. The second-order valence-electron chi connectivity index (χ2n) is 4.71. The summed E-state index contributed by atoms with van der Waals surface area (Å²) in [7, 11) is 1.56. The summed E-state index contributed by atoms with van der Waals surface area (Å²) in [6.07, 6.45) is 1.63. The Morgan fingerprint density at radius 2 is 2.04 bits per heavy atom. The van der Waals surface area contributed by atoms with Crippen LogP contribution in [0.25, 0.3) is 6.08 Å². The predicted molar refractivity (Wildman–Crippen MR) is 90.2 cm³/mol. The van der Waals surface area contributed by atoms with Gasteiger partial charge >= 0.3 is 0 Å². The molecule has 4 nitrogen and oxygen atoms in total. The summed E-state index contributed by atoms with van der Waals surface area (Å²) in [5.74, 6) is 0.0241. The van der Waals surface area contributed by atoms with Gasteiger partial charge in [0, 0.05) is 0 Å². The molecule has 0 bridgehead atoms. The zero-order chi connectivity index (χ0) is 16.2. The van der Waals surface area contributed by atoms with Crippen LogP contribution in [-0.2, 0) is 4.79 Å². The number of aliphatic imine (C=N–C) groups is 1. The van der Waals surface area contributed by atoms with Gasteiger partial charge < -0.3 is 10.1 Å². The van der Waals surface area contributed by atoms with Crippen molar-refractivity contribution >= 4 is 34.6 Å². The van der Waals surface area contributed by atoms with E-state index in [1.807, 2.05) is 12.1 Å². The molecule has 2 aromatic rings. The van der Waals surface area contributed by atoms with Gasteiger partial charge in [-0.3, -0.25) is 4.79 Å². The lowest BCUT2D eigenvalue weighted by Gasteiger charge is -2.03. The van der Waals surface area contributed by atoms with Crippen LogP contribution in [-0.4, -0.2) is 18.2 Å². The molecule has 0 saturated carbocycles. The Balaban J connectivity index is 1.86. The highest BCUT2D eigenvalue weighted by atomic mass is 32.2. The molecule has 0 atom stereocenters. The number of rotatable bonds is 3. The largest absolute Gasteiger partial charge is 0.494 e. The van der Waals surface area contributed by atoms with E-state index in [-0.39, 0.29) is 11.7 Å². The monoisotopic (exact) mass is 328 g/mol. The Morgan fingerprint density at radius 1 is 1.22 bits per heavy atom. The van der Waals surface area contributed by atoms with Crippen LogP contribution in [0.15, 0.2) is 58.4 Å². The second kappa shape index (κ2) is 6.66. The van der Waals surface area contributed by atoms with Gasteiger partial charge in [-0.05, 0) is 47.7 Å². The molecule has 0 unspecified atom stereocenters. The van der Waals surface area contributed by atoms with E-state index in [4.69, 9.17) is 4.74 Å². The van der Waals surface area contributed by atoms with Gasteiger partial charge in [0.1, 0.15) is 17.3 Å². The molecule has 23 heavy (non-hydrogen) atoms. The van der Waals surface area contributed by atoms with Crippen LogP contribution in [0.3, 0.4) is 0 Å². The highest BCUT2D eigenvalue weighted by molar-refractivity contribution is 8.18. The fourth-order valence-electron chi connectivity index (χ4n) is 2.06. The number of thioether (sulfide) groups is 1. The molecule has 0 aromatic heterocycles. The summed E-state index contributed by atoms with van der Waals surface area (Å²) in [4.78, 5) is 16.9. The van der Waals surface area contributed by atoms with E-state index in [2.05, 4.69) is 10.3 Å². The smallest absolute Gasteiger partial charge is 0.264 e. The maximum atomic E-state index is 13.2. The summed E-state index contributed by atoms with van der Waals surface area (Å²) in [5.41, 5.74) is 1.26. The Labute approximate surface area is 137 Å². The number of benzene rings is 2. The van der Waals surface area contributed by atoms with Gasteiger partial charge in [0.15, 0.2) is 5.17 Å². The van der Waals surface area contributed by atoms with Crippen molar-refractivity contribution in [3.05, 3.63) is 64.8 Å². The molecule has 1 amide bonds. The van der Waals surface area contributed by atoms with E-state index < -0.39 is 0 Å². The van der Waals surface area contributed by atoms with Crippen LogP contribution in [0, 0.1) is 5.82 Å². The lowest BCUT2D eigenvalue weighted by Crippen LogP contribution is -2.19. The van der Waals surface area contributed by atoms with Crippen LogP contribution in [0.5, 0.6) is 5.75 Å². The molecule has 0 aliphatic carbocycles. The maximum absolute atomic E-state index is 13.2. The lowest BCUT2D eigenvalue weighted by atomic mass is 10.2. The third-order valence-corrected chi connectivity index (χ3v) is 4.01. The summed E-state index contributed by atoms with van der Waals surface area (Å²) < 4.78 is 18.4. The van der Waals surface area contributed by atoms with Crippen molar-refractivity contribution in [2.75, 3.05) is 7.11 Å². The number of amidine groups is 1. The number of ether oxygens (including phenoxy) is 1. The Hall–Kier alpha value is -2.60. The molecule has 1 fully saturated rings. The van der Waals surface area contributed by atoms with Crippen LogP contribution in [0.2, 0.25) is 0 Å². The molecular weight excluding hydrogens is 315 g/mol. The number of nitrogens with one attached hydrogen (secondary N) is 1. The molecule has 116 valence electrons. The SMILES string of the molecule is COc1ccccc1N=C1NC(=O)C(=Cc2cccc(F)c2)S1. The Kier molecular flexibility index (Phi) is 4.43. The van der Waals surface area contributed by atoms with E-state index in [1.54, 1.807) is 37.5 Å². The first kappa shape index (κ1) is 15.3. The van der Waals surface area contributed by atoms with Crippen molar-refractivity contribution in [3.63, 3.8) is 0 Å². The average Bonchev–Trinajstić information content (AvgIpc) is 2.87. The number of halogens is 1. The van der Waals surface area contributed by atoms with Crippen LogP contribution in [0.4, 0.5) is 10.1 Å². The summed E-state index contributed by atoms with van der Waals surface area (Å²) in [5, 5.41) is 3.16. The number of carbonyl (C=O) groups is 1. The van der Waals surface area contributed by atoms with Crippen molar-refractivity contribution in [2.45, 2.75) is 0 Å². The number of methoxy groups -OCH3 is 1. The first-order chi connectivity index (χ1) is 11.2. The number of nitrogens with zero attached hydrogens (tertiary/aromatic N) is 1. The summed E-state index contributed by atoms with van der Waals surface area (Å²) >= 11 is 1.21. The topological polar surface area (TPSA) is 50.7 Å². The third kappa shape index (κ3) is 3.60. The molecule has 2 aromatic carbocycles. The minimum absolute atomic E-state index is 0.257. The Bertz CT molecular complexity index is 818. The minimum atomic E-state index is -0.342. The summed E-state index contributed by atoms with van der Waals surface area (Å²) in [6.45, 7) is 0. The molecule has 1 aliphatic heterocycles. The molecule has 6 heteroatoms. The highest BCUT2D eigenvalue weighted by Crippen LogP contribution is 2.31. The second-order valence-corrected chi connectivity index (χ2v) is 5.74. The number of amides is 1. The van der Waals surface area contributed by atoms with Crippen molar-refractivity contribution in [1.29, 1.82) is 0 Å². The standard InChI is InChI=1S/C17H13FN2O2S/c1-22-14-8-3-2-7-13(14)19-17-20-16(21)15(23-17)10-11-5-4-6-12(18)9-11/h2-10H,1H3,(H,19,20,21). The number of carbonyl (C=O) groups excluding carboxylic acids is 1. The van der Waals surface area contributed by atoms with Crippen molar-refractivity contribution in [1.82, 2.24) is 5.32 Å². The Morgan fingerprint density at radius 3 is 2.83 bits per heavy atom. The molecule has 1 heterocycles. The number of para-hydroxylation sites is 2. The molecule has 1 N–H and O–H groups in total. The minimum Gasteiger partial charge on any atom is -0.494 e. The zero-order valence-electron chi connectivity index (χ0n) is 12.2. The van der Waals surface area contributed by atoms with Crippen LogP contribution in [0.1, 0.15) is 5.56 Å². The number of hydrogen-bond donors (Lipinski definition) is 1. The lowest BCUT2D eigenvalue weighted by molar-refractivity contribution is -0.115. The van der Waals surface area contributed by atoms with Gasteiger partial charge in [0.2, 0.25) is 0 Å². The van der Waals surface area contributed by atoms with Crippen LogP contribution >= 0.6 is 11.8 Å². The van der Waals surface area contributed by atoms with Crippen molar-refractivity contribution in [2.24, 2.45) is 4.99 Å². The van der Waals surface area contributed by atoms with Gasteiger partial charge in [0.25, 0.3) is 5.91 Å². The third-order valence-electron chi connectivity index (χ3n) is 3.10. The van der Waals surface area contributed by atoms with Gasteiger partial charge in [-0.1, -0.05) is 24.3 Å². The normalized spacial score (nSPS) is 17.6. The fourth-order valence-corrected chi connectivity index (χ4v) is 2.89. The number of hydrogen-bond acceptors (Lipinski definition) is 4. The first-order valence-corrected chi connectivity index (χ1v) is 7.65. The van der Waals surface area contributed by atoms with Crippen molar-refractivity contribution < 1.29 is 13.9 Å². The maximum Gasteiger partial charge on any atom is 0.264 e. The van der Waals surface area contributed by atoms with E-state index in [1.165, 1.54) is 23.9 Å². The highest BCUT2D eigenvalue weighted by Gasteiger charge is 2.24. The van der Waals surface area contributed by atoms with E-state index in [0.717, 1.165) is 0 Å². The van der Waals surface area contributed by atoms with Crippen molar-refractivity contribution in [3.8, 4) is 5.75 Å². The fraction of sp³-hybridized carbons (Fsp3) is 0.0588. The summed E-state index contributed by atoms with van der Waals surface area (Å²) in [6, 6.07) is 13.3. The zero-order valence-corrected chi connectivity index (χ0v) is 13.1. The van der Waals surface area contributed by atoms with E-state index in [0.29, 0.717) is 27.1 Å². The van der Waals surface area contributed by atoms with Gasteiger partial charge in [-0.15, -0.1) is 0 Å². The molecule has 0 spiro atoms. The quantitative estimate of drug-likeness (QED) is 0.874. The molecule has 3 rings (SSSR count). The van der Waals surface area contributed by atoms with E-state index >= 15 is 0 Å². The molecule has 0 radical (unpaired) electrons. The molecular formula is C17H13FN2O2S. The van der Waals surface area contributed by atoms with E-state index in [9.17, 15) is 9.18 Å². The average molecular weight is 328 g/mol. The molecule has 1 saturated heterocycles.